The van der Waals surface area contributed by atoms with E-state index in [1.54, 1.807) is 17.4 Å². The Balaban J connectivity index is 1.65. The lowest BCUT2D eigenvalue weighted by Crippen LogP contribution is -2.17. The molecule has 0 atom stereocenters. The number of halogens is 2. The number of hydrogen-bond acceptors (Lipinski definition) is 5. The van der Waals surface area contributed by atoms with Crippen LogP contribution in [0.3, 0.4) is 0 Å². The topological polar surface area (TPSA) is 42.2 Å². The number of benzene rings is 1. The molecule has 0 saturated carbocycles. The number of nitrogens with zero attached hydrogens (tertiary/aromatic N) is 3. The molecule has 0 aliphatic heterocycles. The third-order valence-electron chi connectivity index (χ3n) is 3.07. The fourth-order valence-electron chi connectivity index (χ4n) is 2.05. The lowest BCUT2D eigenvalue weighted by Gasteiger charge is -2.15. The van der Waals surface area contributed by atoms with Crippen LogP contribution < -0.4 is 0 Å². The van der Waals surface area contributed by atoms with Crippen LogP contribution in [0.2, 0.25) is 10.0 Å². The van der Waals surface area contributed by atoms with Gasteiger partial charge >= 0.3 is 0 Å². The SMILES string of the molecule is CN(Cc1nc(-c2cccs2)no1)Cc1ccc(Cl)cc1Cl. The molecule has 0 fully saturated rings. The van der Waals surface area contributed by atoms with Gasteiger partial charge in [-0.2, -0.15) is 4.98 Å². The van der Waals surface area contributed by atoms with Crippen LogP contribution in [0.4, 0.5) is 0 Å². The summed E-state index contributed by atoms with van der Waals surface area (Å²) >= 11 is 13.7. The zero-order valence-corrected chi connectivity index (χ0v) is 14.1. The van der Waals surface area contributed by atoms with Crippen molar-refractivity contribution in [2.45, 2.75) is 13.1 Å². The molecule has 0 aliphatic carbocycles. The minimum atomic E-state index is 0.553. The van der Waals surface area contributed by atoms with E-state index in [9.17, 15) is 0 Å². The Morgan fingerprint density at radius 1 is 1.23 bits per heavy atom. The standard InChI is InChI=1S/C15H13Cl2N3OS/c1-20(8-10-4-5-11(16)7-12(10)17)9-14-18-15(19-21-14)13-3-2-6-22-13/h2-7H,8-9H2,1H3. The van der Waals surface area contributed by atoms with Gasteiger partial charge in [-0.3, -0.25) is 4.90 Å². The molecule has 0 saturated heterocycles. The smallest absolute Gasteiger partial charge is 0.241 e. The van der Waals surface area contributed by atoms with Crippen molar-refractivity contribution in [1.82, 2.24) is 15.0 Å². The monoisotopic (exact) mass is 353 g/mol. The van der Waals surface area contributed by atoms with Gasteiger partial charge in [-0.25, -0.2) is 0 Å². The second-order valence-electron chi connectivity index (χ2n) is 4.90. The van der Waals surface area contributed by atoms with Gasteiger partial charge in [0.1, 0.15) is 0 Å². The molecule has 0 amide bonds. The Bertz CT molecular complexity index is 758. The van der Waals surface area contributed by atoms with Gasteiger partial charge in [0.2, 0.25) is 11.7 Å². The van der Waals surface area contributed by atoms with E-state index in [0.29, 0.717) is 34.8 Å². The molecule has 0 radical (unpaired) electrons. The molecular weight excluding hydrogens is 341 g/mol. The average molecular weight is 354 g/mol. The fourth-order valence-corrected chi connectivity index (χ4v) is 3.17. The first kappa shape index (κ1) is 15.5. The second-order valence-corrected chi connectivity index (χ2v) is 6.69. The first-order valence-electron chi connectivity index (χ1n) is 6.61. The molecule has 0 bridgehead atoms. The van der Waals surface area contributed by atoms with Crippen LogP contribution in [0, 0.1) is 0 Å². The third-order valence-corrected chi connectivity index (χ3v) is 4.52. The van der Waals surface area contributed by atoms with E-state index in [1.807, 2.05) is 36.7 Å². The summed E-state index contributed by atoms with van der Waals surface area (Å²) in [6.45, 7) is 1.23. The maximum absolute atomic E-state index is 6.19. The van der Waals surface area contributed by atoms with Crippen LogP contribution in [-0.2, 0) is 13.1 Å². The molecule has 0 unspecified atom stereocenters. The molecule has 2 heterocycles. The van der Waals surface area contributed by atoms with Crippen LogP contribution >= 0.6 is 34.5 Å². The summed E-state index contributed by atoms with van der Waals surface area (Å²) in [6.07, 6.45) is 0. The Labute approximate surface area is 142 Å². The van der Waals surface area contributed by atoms with Crippen molar-refractivity contribution in [1.29, 1.82) is 0 Å². The minimum Gasteiger partial charge on any atom is -0.338 e. The van der Waals surface area contributed by atoms with Gasteiger partial charge in [0, 0.05) is 16.6 Å². The molecule has 2 aromatic heterocycles. The highest BCUT2D eigenvalue weighted by molar-refractivity contribution is 7.13. The molecular formula is C15H13Cl2N3OS. The van der Waals surface area contributed by atoms with E-state index in [4.69, 9.17) is 27.7 Å². The molecule has 1 aromatic carbocycles. The maximum Gasteiger partial charge on any atom is 0.241 e. The average Bonchev–Trinajstić information content (AvgIpc) is 3.12. The van der Waals surface area contributed by atoms with E-state index in [0.717, 1.165) is 10.4 Å². The van der Waals surface area contributed by atoms with Crippen molar-refractivity contribution in [2.24, 2.45) is 0 Å². The largest absolute Gasteiger partial charge is 0.338 e. The maximum atomic E-state index is 6.19. The predicted molar refractivity (Wildman–Crippen MR) is 89.2 cm³/mol. The van der Waals surface area contributed by atoms with Crippen LogP contribution in [0.1, 0.15) is 11.5 Å². The summed E-state index contributed by atoms with van der Waals surface area (Å²) < 4.78 is 5.30. The molecule has 0 aliphatic rings. The first-order chi connectivity index (χ1) is 10.6. The molecule has 0 N–H and O–H groups in total. The van der Waals surface area contributed by atoms with Crippen LogP contribution in [0.15, 0.2) is 40.2 Å². The summed E-state index contributed by atoms with van der Waals surface area (Å²) in [5.74, 6) is 1.21. The second kappa shape index (κ2) is 6.79. The van der Waals surface area contributed by atoms with E-state index >= 15 is 0 Å². The van der Waals surface area contributed by atoms with Gasteiger partial charge in [-0.1, -0.05) is 40.5 Å². The summed E-state index contributed by atoms with van der Waals surface area (Å²) in [5.41, 5.74) is 1.01. The van der Waals surface area contributed by atoms with Crippen molar-refractivity contribution in [3.05, 3.63) is 57.2 Å². The molecule has 3 rings (SSSR count). The number of aromatic nitrogens is 2. The van der Waals surface area contributed by atoms with Gasteiger partial charge in [0.05, 0.1) is 11.4 Å². The van der Waals surface area contributed by atoms with Crippen LogP contribution in [-0.4, -0.2) is 22.1 Å². The fraction of sp³-hybridized carbons (Fsp3) is 0.200. The van der Waals surface area contributed by atoms with Crippen molar-refractivity contribution >= 4 is 34.5 Å². The van der Waals surface area contributed by atoms with E-state index < -0.39 is 0 Å². The molecule has 22 heavy (non-hydrogen) atoms. The van der Waals surface area contributed by atoms with E-state index in [1.165, 1.54) is 0 Å². The lowest BCUT2D eigenvalue weighted by molar-refractivity contribution is 0.261. The molecule has 114 valence electrons. The summed E-state index contributed by atoms with van der Waals surface area (Å²) in [6, 6.07) is 9.43. The normalized spacial score (nSPS) is 11.3. The summed E-state index contributed by atoms with van der Waals surface area (Å²) in [7, 11) is 1.97. The minimum absolute atomic E-state index is 0.553. The quantitative estimate of drug-likeness (QED) is 0.664. The zero-order valence-electron chi connectivity index (χ0n) is 11.8. The molecule has 0 spiro atoms. The Morgan fingerprint density at radius 2 is 2.09 bits per heavy atom. The van der Waals surface area contributed by atoms with Crippen LogP contribution in [0.5, 0.6) is 0 Å². The Kier molecular flexibility index (Phi) is 4.78. The lowest BCUT2D eigenvalue weighted by atomic mass is 10.2. The Morgan fingerprint density at radius 3 is 2.82 bits per heavy atom. The van der Waals surface area contributed by atoms with Crippen molar-refractivity contribution in [3.63, 3.8) is 0 Å². The number of rotatable bonds is 5. The highest BCUT2D eigenvalue weighted by Crippen LogP contribution is 2.23. The van der Waals surface area contributed by atoms with Crippen molar-refractivity contribution in [2.75, 3.05) is 7.05 Å². The predicted octanol–water partition coefficient (Wildman–Crippen LogP) is 4.74. The highest BCUT2D eigenvalue weighted by atomic mass is 35.5. The molecule has 7 heteroatoms. The summed E-state index contributed by atoms with van der Waals surface area (Å²) in [4.78, 5) is 7.46. The van der Waals surface area contributed by atoms with Crippen molar-refractivity contribution in [3.8, 4) is 10.7 Å². The third kappa shape index (κ3) is 3.67. The molecule has 3 aromatic rings. The number of thiophene rings is 1. The molecule has 4 nitrogen and oxygen atoms in total. The highest BCUT2D eigenvalue weighted by Gasteiger charge is 2.12. The van der Waals surface area contributed by atoms with Crippen molar-refractivity contribution < 1.29 is 4.52 Å². The van der Waals surface area contributed by atoms with Gasteiger partial charge in [-0.15, -0.1) is 11.3 Å². The Hall–Kier alpha value is -1.40. The summed E-state index contributed by atoms with van der Waals surface area (Å²) in [5, 5.41) is 7.28. The first-order valence-corrected chi connectivity index (χ1v) is 8.24. The van der Waals surface area contributed by atoms with E-state index in [2.05, 4.69) is 15.0 Å². The van der Waals surface area contributed by atoms with E-state index in [-0.39, 0.29) is 0 Å². The van der Waals surface area contributed by atoms with Gasteiger partial charge in [0.15, 0.2) is 0 Å². The van der Waals surface area contributed by atoms with Crippen LogP contribution in [0.25, 0.3) is 10.7 Å². The van der Waals surface area contributed by atoms with Gasteiger partial charge in [0.25, 0.3) is 0 Å². The number of hydrogen-bond donors (Lipinski definition) is 0. The zero-order chi connectivity index (χ0) is 15.5. The van der Waals surface area contributed by atoms with Gasteiger partial charge in [-0.05, 0) is 36.2 Å². The van der Waals surface area contributed by atoms with Gasteiger partial charge < -0.3 is 4.52 Å².